The zero-order valence-corrected chi connectivity index (χ0v) is 12.5. The van der Waals surface area contributed by atoms with Gasteiger partial charge in [0.05, 0.1) is 6.61 Å². The molecule has 1 heterocycles. The smallest absolute Gasteiger partial charge is 0.127 e. The van der Waals surface area contributed by atoms with Crippen LogP contribution in [0.2, 0.25) is 5.02 Å². The molecule has 0 amide bonds. The van der Waals surface area contributed by atoms with Crippen LogP contribution < -0.4 is 10.1 Å². The van der Waals surface area contributed by atoms with Gasteiger partial charge < -0.3 is 10.1 Å². The topological polar surface area (TPSA) is 21.3 Å². The van der Waals surface area contributed by atoms with E-state index in [0.29, 0.717) is 23.6 Å². The van der Waals surface area contributed by atoms with Crippen LogP contribution in [-0.2, 0) is 6.42 Å². The summed E-state index contributed by atoms with van der Waals surface area (Å²) in [6, 6.07) is 12.9. The Kier molecular flexibility index (Phi) is 4.13. The average Bonchev–Trinajstić information content (AvgIpc) is 2.91. The summed E-state index contributed by atoms with van der Waals surface area (Å²) in [5, 5.41) is 3.76. The van der Waals surface area contributed by atoms with Crippen LogP contribution in [0.25, 0.3) is 0 Å². The van der Waals surface area contributed by atoms with Gasteiger partial charge in [0.1, 0.15) is 11.6 Å². The molecule has 2 aromatic carbocycles. The van der Waals surface area contributed by atoms with Gasteiger partial charge in [0.2, 0.25) is 0 Å². The number of fused-ring (bicyclic) bond motifs is 1. The monoisotopic (exact) mass is 305 g/mol. The molecule has 1 aliphatic rings. The van der Waals surface area contributed by atoms with Crippen LogP contribution in [-0.4, -0.2) is 19.7 Å². The van der Waals surface area contributed by atoms with E-state index in [1.54, 1.807) is 12.1 Å². The fourth-order valence-electron chi connectivity index (χ4n) is 2.91. The van der Waals surface area contributed by atoms with Crippen molar-refractivity contribution < 1.29 is 9.13 Å². The molecule has 0 bridgehead atoms. The molecule has 0 saturated carbocycles. The summed E-state index contributed by atoms with van der Waals surface area (Å²) in [6.45, 7) is 0.608. The molecule has 110 valence electrons. The first kappa shape index (κ1) is 14.4. The zero-order valence-electron chi connectivity index (χ0n) is 11.8. The molecule has 0 aliphatic carbocycles. The van der Waals surface area contributed by atoms with Gasteiger partial charge in [0.25, 0.3) is 0 Å². The number of hydrogen-bond acceptors (Lipinski definition) is 2. The number of benzene rings is 2. The van der Waals surface area contributed by atoms with E-state index in [1.807, 2.05) is 25.2 Å². The van der Waals surface area contributed by atoms with E-state index in [4.69, 9.17) is 16.3 Å². The lowest BCUT2D eigenvalue weighted by Gasteiger charge is -2.23. The molecule has 2 atom stereocenters. The summed E-state index contributed by atoms with van der Waals surface area (Å²) >= 11 is 6.14. The molecule has 1 N–H and O–H groups in total. The molecule has 4 heteroatoms. The predicted molar refractivity (Wildman–Crippen MR) is 82.6 cm³/mol. The predicted octanol–water partition coefficient (Wildman–Crippen LogP) is 3.79. The van der Waals surface area contributed by atoms with Gasteiger partial charge in [-0.2, -0.15) is 0 Å². The van der Waals surface area contributed by atoms with E-state index in [0.717, 1.165) is 5.75 Å². The summed E-state index contributed by atoms with van der Waals surface area (Å²) in [6.07, 6.45) is 0.532. The van der Waals surface area contributed by atoms with E-state index >= 15 is 0 Å². The van der Waals surface area contributed by atoms with Gasteiger partial charge in [-0.25, -0.2) is 4.39 Å². The second kappa shape index (κ2) is 6.04. The number of rotatable bonds is 4. The van der Waals surface area contributed by atoms with Crippen molar-refractivity contribution in [2.24, 2.45) is 0 Å². The summed E-state index contributed by atoms with van der Waals surface area (Å²) < 4.78 is 19.7. The third-order valence-electron chi connectivity index (χ3n) is 4.08. The fourth-order valence-corrected chi connectivity index (χ4v) is 3.15. The van der Waals surface area contributed by atoms with E-state index in [2.05, 4.69) is 11.4 Å². The van der Waals surface area contributed by atoms with E-state index in [1.165, 1.54) is 11.6 Å². The summed E-state index contributed by atoms with van der Waals surface area (Å²) in [5.41, 5.74) is 1.73. The highest BCUT2D eigenvalue weighted by Crippen LogP contribution is 2.37. The number of para-hydroxylation sites is 1. The standard InChI is InChI=1S/C17H17ClFNO/c1-20-16(9-12-14(18)6-4-7-15(12)19)13-10-21-17-8-3-2-5-11(13)17/h2-8,13,16,20H,9-10H2,1H3. The third-order valence-corrected chi connectivity index (χ3v) is 4.43. The van der Waals surface area contributed by atoms with Crippen molar-refractivity contribution in [2.75, 3.05) is 13.7 Å². The number of hydrogen-bond donors (Lipinski definition) is 1. The molecule has 0 radical (unpaired) electrons. The highest BCUT2D eigenvalue weighted by Gasteiger charge is 2.31. The highest BCUT2D eigenvalue weighted by atomic mass is 35.5. The molecule has 0 fully saturated rings. The van der Waals surface area contributed by atoms with Crippen LogP contribution in [0.3, 0.4) is 0 Å². The lowest BCUT2D eigenvalue weighted by molar-refractivity contribution is 0.301. The van der Waals surface area contributed by atoms with Crippen LogP contribution in [0.5, 0.6) is 5.75 Å². The Labute approximate surface area is 128 Å². The minimum Gasteiger partial charge on any atom is -0.493 e. The zero-order chi connectivity index (χ0) is 14.8. The first-order valence-corrected chi connectivity index (χ1v) is 7.40. The maximum atomic E-state index is 14.0. The number of ether oxygens (including phenoxy) is 1. The van der Waals surface area contributed by atoms with E-state index < -0.39 is 0 Å². The summed E-state index contributed by atoms with van der Waals surface area (Å²) in [7, 11) is 1.89. The van der Waals surface area contributed by atoms with Crippen molar-refractivity contribution in [2.45, 2.75) is 18.4 Å². The molecular formula is C17H17ClFNO. The Morgan fingerprint density at radius 1 is 1.29 bits per heavy atom. The first-order valence-electron chi connectivity index (χ1n) is 7.02. The quantitative estimate of drug-likeness (QED) is 0.928. The van der Waals surface area contributed by atoms with E-state index in [-0.39, 0.29) is 17.8 Å². The Bertz CT molecular complexity index is 626. The molecule has 0 aromatic heterocycles. The second-order valence-electron chi connectivity index (χ2n) is 5.25. The molecular weight excluding hydrogens is 289 g/mol. The van der Waals surface area contributed by atoms with Crippen LogP contribution in [0.4, 0.5) is 4.39 Å². The van der Waals surface area contributed by atoms with Crippen LogP contribution in [0.15, 0.2) is 42.5 Å². The Morgan fingerprint density at radius 3 is 2.86 bits per heavy atom. The lowest BCUT2D eigenvalue weighted by Crippen LogP contribution is -2.35. The average molecular weight is 306 g/mol. The maximum absolute atomic E-state index is 14.0. The molecule has 2 nitrogen and oxygen atoms in total. The SMILES string of the molecule is CNC(Cc1c(F)cccc1Cl)C1COc2ccccc21. The minimum absolute atomic E-state index is 0.0723. The van der Waals surface area contributed by atoms with Gasteiger partial charge >= 0.3 is 0 Å². The van der Waals surface area contributed by atoms with Crippen molar-refractivity contribution >= 4 is 11.6 Å². The summed E-state index contributed by atoms with van der Waals surface area (Å²) in [4.78, 5) is 0. The first-order chi connectivity index (χ1) is 10.2. The Morgan fingerprint density at radius 2 is 2.10 bits per heavy atom. The van der Waals surface area contributed by atoms with Gasteiger partial charge in [-0.05, 0) is 31.7 Å². The normalized spacial score (nSPS) is 18.1. The molecule has 2 unspecified atom stereocenters. The molecule has 3 rings (SSSR count). The Hall–Kier alpha value is -1.58. The highest BCUT2D eigenvalue weighted by molar-refractivity contribution is 6.31. The van der Waals surface area contributed by atoms with Crippen molar-refractivity contribution in [1.82, 2.24) is 5.32 Å². The maximum Gasteiger partial charge on any atom is 0.127 e. The summed E-state index contributed by atoms with van der Waals surface area (Å²) in [5.74, 6) is 0.860. The van der Waals surface area contributed by atoms with Crippen molar-refractivity contribution in [3.63, 3.8) is 0 Å². The van der Waals surface area contributed by atoms with Gasteiger partial charge in [-0.3, -0.25) is 0 Å². The van der Waals surface area contributed by atoms with Crippen molar-refractivity contribution in [3.05, 3.63) is 64.4 Å². The second-order valence-corrected chi connectivity index (χ2v) is 5.66. The van der Waals surface area contributed by atoms with Gasteiger partial charge in [0.15, 0.2) is 0 Å². The molecule has 2 aromatic rings. The largest absolute Gasteiger partial charge is 0.493 e. The third kappa shape index (κ3) is 2.76. The number of nitrogens with one attached hydrogen (secondary N) is 1. The van der Waals surface area contributed by atoms with Gasteiger partial charge in [0, 0.05) is 28.1 Å². The lowest BCUT2D eigenvalue weighted by atomic mass is 9.89. The molecule has 21 heavy (non-hydrogen) atoms. The Balaban J connectivity index is 1.87. The van der Waals surface area contributed by atoms with Crippen LogP contribution in [0.1, 0.15) is 17.0 Å². The molecule has 0 saturated heterocycles. The van der Waals surface area contributed by atoms with Crippen LogP contribution >= 0.6 is 11.6 Å². The number of halogens is 2. The van der Waals surface area contributed by atoms with Gasteiger partial charge in [-0.1, -0.05) is 35.9 Å². The van der Waals surface area contributed by atoms with Gasteiger partial charge in [-0.15, -0.1) is 0 Å². The van der Waals surface area contributed by atoms with Crippen molar-refractivity contribution in [3.8, 4) is 5.75 Å². The van der Waals surface area contributed by atoms with Crippen LogP contribution in [0, 0.1) is 5.82 Å². The minimum atomic E-state index is -0.255. The van der Waals surface area contributed by atoms with Crippen molar-refractivity contribution in [1.29, 1.82) is 0 Å². The molecule has 0 spiro atoms. The van der Waals surface area contributed by atoms with E-state index in [9.17, 15) is 4.39 Å². The fraction of sp³-hybridized carbons (Fsp3) is 0.294. The number of likely N-dealkylation sites (N-methyl/N-ethyl adjacent to an activating group) is 1. The molecule has 1 aliphatic heterocycles.